The Morgan fingerprint density at radius 2 is 2.00 bits per heavy atom. The van der Waals surface area contributed by atoms with E-state index in [2.05, 4.69) is 0 Å². The summed E-state index contributed by atoms with van der Waals surface area (Å²) in [5.41, 5.74) is 1.15. The van der Waals surface area contributed by atoms with Gasteiger partial charge in [0.15, 0.2) is 0 Å². The maximum Gasteiger partial charge on any atom is 0.408 e. The Morgan fingerprint density at radius 3 is 2.59 bits per heavy atom. The molecular weight excluding hydrogens is 226 g/mol. The molecule has 1 aromatic carbocycles. The van der Waals surface area contributed by atoms with Crippen LogP contribution in [0, 0.1) is 0 Å². The number of carboxylic acid groups (broad SMARTS) is 2. The maximum atomic E-state index is 11.0. The molecule has 90 valence electrons. The monoisotopic (exact) mass is 237 g/mol. The fourth-order valence-electron chi connectivity index (χ4n) is 2.02. The molecule has 1 amide bonds. The van der Waals surface area contributed by atoms with E-state index in [9.17, 15) is 14.7 Å². The van der Waals surface area contributed by atoms with Gasteiger partial charge in [0.05, 0.1) is 6.54 Å². The quantitative estimate of drug-likeness (QED) is 0.673. The predicted molar refractivity (Wildman–Crippen MR) is 56.8 cm³/mol. The van der Waals surface area contributed by atoms with Crippen LogP contribution in [0.4, 0.5) is 4.79 Å². The van der Waals surface area contributed by atoms with Gasteiger partial charge in [-0.15, -0.1) is 0 Å². The summed E-state index contributed by atoms with van der Waals surface area (Å²) in [6, 6.07) is 3.68. The molecule has 1 aromatic rings. The van der Waals surface area contributed by atoms with E-state index >= 15 is 0 Å². The molecule has 6 heteroatoms. The second-order valence-electron chi connectivity index (χ2n) is 3.88. The van der Waals surface area contributed by atoms with Gasteiger partial charge < -0.3 is 15.3 Å². The van der Waals surface area contributed by atoms with Gasteiger partial charge in [-0.05, 0) is 11.6 Å². The number of benzene rings is 1. The molecule has 17 heavy (non-hydrogen) atoms. The van der Waals surface area contributed by atoms with Crippen molar-refractivity contribution in [1.29, 1.82) is 0 Å². The van der Waals surface area contributed by atoms with Crippen LogP contribution >= 0.6 is 0 Å². The number of rotatable bonds is 1. The van der Waals surface area contributed by atoms with Crippen molar-refractivity contribution >= 4 is 12.1 Å². The van der Waals surface area contributed by atoms with E-state index in [-0.39, 0.29) is 18.7 Å². The Balaban J connectivity index is 2.43. The number of phenolic OH excluding ortho intramolecular Hbond substituents is 1. The van der Waals surface area contributed by atoms with Crippen LogP contribution in [0.15, 0.2) is 18.2 Å². The van der Waals surface area contributed by atoms with Crippen molar-refractivity contribution in [2.24, 2.45) is 0 Å². The van der Waals surface area contributed by atoms with E-state index in [1.165, 1.54) is 6.07 Å². The molecule has 0 fully saturated rings. The number of amides is 1. The summed E-state index contributed by atoms with van der Waals surface area (Å²) in [4.78, 5) is 22.8. The Kier molecular flexibility index (Phi) is 2.63. The summed E-state index contributed by atoms with van der Waals surface area (Å²) < 4.78 is 0. The van der Waals surface area contributed by atoms with E-state index in [0.717, 1.165) is 4.90 Å². The van der Waals surface area contributed by atoms with Crippen LogP contribution in [0.2, 0.25) is 0 Å². The standard InChI is InChI=1S/C11H11NO5/c13-9-3-1-2-6-4-8(10(14)15)12(11(16)17)5-7(6)9/h1-3,8,13H,4-5H2,(H,14,15)(H,16,17). The van der Waals surface area contributed by atoms with E-state index in [1.54, 1.807) is 12.1 Å². The van der Waals surface area contributed by atoms with Crippen molar-refractivity contribution in [1.82, 2.24) is 4.90 Å². The van der Waals surface area contributed by atoms with E-state index in [0.29, 0.717) is 11.1 Å². The average Bonchev–Trinajstić information content (AvgIpc) is 2.27. The minimum absolute atomic E-state index is 0.00223. The van der Waals surface area contributed by atoms with Gasteiger partial charge in [-0.25, -0.2) is 9.59 Å². The number of hydrogen-bond donors (Lipinski definition) is 3. The molecule has 0 bridgehead atoms. The molecular formula is C11H11NO5. The fraction of sp³-hybridized carbons (Fsp3) is 0.273. The lowest BCUT2D eigenvalue weighted by atomic mass is 9.93. The van der Waals surface area contributed by atoms with Crippen LogP contribution < -0.4 is 0 Å². The summed E-state index contributed by atoms with van der Waals surface area (Å²) in [5.74, 6) is -1.18. The number of phenols is 1. The zero-order chi connectivity index (χ0) is 12.6. The molecule has 6 nitrogen and oxygen atoms in total. The van der Waals surface area contributed by atoms with Gasteiger partial charge in [0.2, 0.25) is 0 Å². The van der Waals surface area contributed by atoms with Crippen LogP contribution in [-0.4, -0.2) is 38.3 Å². The van der Waals surface area contributed by atoms with Crippen LogP contribution in [0.5, 0.6) is 5.75 Å². The highest BCUT2D eigenvalue weighted by Crippen LogP contribution is 2.29. The second kappa shape index (κ2) is 3.97. The van der Waals surface area contributed by atoms with Crippen LogP contribution in [-0.2, 0) is 17.8 Å². The van der Waals surface area contributed by atoms with Gasteiger partial charge in [0, 0.05) is 12.0 Å². The molecule has 1 aliphatic heterocycles. The topological polar surface area (TPSA) is 98.1 Å². The van der Waals surface area contributed by atoms with Crippen molar-refractivity contribution in [3.63, 3.8) is 0 Å². The van der Waals surface area contributed by atoms with Crippen molar-refractivity contribution < 1.29 is 24.9 Å². The van der Waals surface area contributed by atoms with Gasteiger partial charge in [-0.2, -0.15) is 0 Å². The van der Waals surface area contributed by atoms with E-state index in [1.807, 2.05) is 0 Å². The van der Waals surface area contributed by atoms with E-state index < -0.39 is 18.1 Å². The Bertz CT molecular complexity index is 485. The molecule has 2 rings (SSSR count). The largest absolute Gasteiger partial charge is 0.508 e. The Labute approximate surface area is 96.7 Å². The summed E-state index contributed by atoms with van der Waals surface area (Å²) in [7, 11) is 0. The number of hydrogen-bond acceptors (Lipinski definition) is 3. The molecule has 1 unspecified atom stereocenters. The van der Waals surface area contributed by atoms with Crippen molar-refractivity contribution in [2.75, 3.05) is 0 Å². The number of fused-ring (bicyclic) bond motifs is 1. The van der Waals surface area contributed by atoms with Crippen LogP contribution in [0.25, 0.3) is 0 Å². The lowest BCUT2D eigenvalue weighted by Crippen LogP contribution is -2.48. The van der Waals surface area contributed by atoms with Crippen molar-refractivity contribution in [2.45, 2.75) is 19.0 Å². The smallest absolute Gasteiger partial charge is 0.408 e. The summed E-state index contributed by atoms with van der Waals surface area (Å²) >= 11 is 0. The minimum atomic E-state index is -1.30. The molecule has 0 spiro atoms. The first-order valence-corrected chi connectivity index (χ1v) is 5.03. The molecule has 0 aliphatic carbocycles. The van der Waals surface area contributed by atoms with Crippen LogP contribution in [0.3, 0.4) is 0 Å². The minimum Gasteiger partial charge on any atom is -0.508 e. The first-order chi connectivity index (χ1) is 8.00. The third kappa shape index (κ3) is 1.89. The molecule has 1 aliphatic rings. The second-order valence-corrected chi connectivity index (χ2v) is 3.88. The van der Waals surface area contributed by atoms with Crippen LogP contribution in [0.1, 0.15) is 11.1 Å². The lowest BCUT2D eigenvalue weighted by Gasteiger charge is -2.32. The third-order valence-electron chi connectivity index (χ3n) is 2.90. The number of carboxylic acids is 1. The van der Waals surface area contributed by atoms with Gasteiger partial charge >= 0.3 is 12.1 Å². The SMILES string of the molecule is O=C(O)C1Cc2cccc(O)c2CN1C(=O)O. The number of nitrogens with zero attached hydrogens (tertiary/aromatic N) is 1. The summed E-state index contributed by atoms with van der Waals surface area (Å²) in [5, 5.41) is 27.6. The number of aliphatic carboxylic acids is 1. The van der Waals surface area contributed by atoms with Crippen molar-refractivity contribution in [3.8, 4) is 5.75 Å². The summed E-state index contributed by atoms with van der Waals surface area (Å²) in [6.07, 6.45) is -1.22. The average molecular weight is 237 g/mol. The molecule has 0 saturated heterocycles. The molecule has 0 saturated carbocycles. The summed E-state index contributed by atoms with van der Waals surface area (Å²) in [6.45, 7) is -0.103. The zero-order valence-electron chi connectivity index (χ0n) is 8.83. The lowest BCUT2D eigenvalue weighted by molar-refractivity contribution is -0.143. The fourth-order valence-corrected chi connectivity index (χ4v) is 2.02. The first kappa shape index (κ1) is 11.3. The molecule has 3 N–H and O–H groups in total. The molecule has 0 aromatic heterocycles. The van der Waals surface area contributed by atoms with Gasteiger partial charge in [0.1, 0.15) is 11.8 Å². The first-order valence-electron chi connectivity index (χ1n) is 5.03. The predicted octanol–water partition coefficient (Wildman–Crippen LogP) is 0.882. The highest BCUT2D eigenvalue weighted by atomic mass is 16.4. The van der Waals surface area contributed by atoms with Gasteiger partial charge in [-0.3, -0.25) is 4.90 Å². The molecule has 0 radical (unpaired) electrons. The molecule has 1 heterocycles. The highest BCUT2D eigenvalue weighted by Gasteiger charge is 2.35. The van der Waals surface area contributed by atoms with E-state index in [4.69, 9.17) is 10.2 Å². The van der Waals surface area contributed by atoms with Gasteiger partial charge in [-0.1, -0.05) is 12.1 Å². The Hall–Kier alpha value is -2.24. The maximum absolute atomic E-state index is 11.0. The molecule has 1 atom stereocenters. The number of carbonyl (C=O) groups is 2. The van der Waals surface area contributed by atoms with Crippen molar-refractivity contribution in [3.05, 3.63) is 29.3 Å². The number of aromatic hydroxyl groups is 1. The Morgan fingerprint density at radius 1 is 1.29 bits per heavy atom. The normalized spacial score (nSPS) is 18.6. The van der Waals surface area contributed by atoms with Gasteiger partial charge in [0.25, 0.3) is 0 Å². The zero-order valence-corrected chi connectivity index (χ0v) is 8.83. The highest BCUT2D eigenvalue weighted by molar-refractivity contribution is 5.80. The third-order valence-corrected chi connectivity index (χ3v) is 2.90.